The molecule has 7 nitrogen and oxygen atoms in total. The number of nitrogens with zero attached hydrogens (tertiary/aromatic N) is 1. The van der Waals surface area contributed by atoms with E-state index in [2.05, 4.69) is 4.90 Å². The molecule has 0 saturated carbocycles. The van der Waals surface area contributed by atoms with Crippen molar-refractivity contribution in [3.8, 4) is 34.1 Å². The standard InChI is InChI=1S/C27H25NO6/c1-16-26-18(14-28(15-33-26)23-12-20(31-3)9-10-24(23)32-4)11-22-21(13-25(29)34-27(16)22)17-5-7-19(30-2)8-6-17/h5-13H,14-15H2,1-4H3. The molecule has 34 heavy (non-hydrogen) atoms. The Balaban J connectivity index is 1.63. The van der Waals surface area contributed by atoms with Gasteiger partial charge in [-0.05, 0) is 48.4 Å². The zero-order valence-electron chi connectivity index (χ0n) is 19.5. The molecule has 0 unspecified atom stereocenters. The minimum absolute atomic E-state index is 0.325. The van der Waals surface area contributed by atoms with Crippen LogP contribution in [0.15, 0.2) is 63.8 Å². The van der Waals surface area contributed by atoms with E-state index < -0.39 is 5.63 Å². The summed E-state index contributed by atoms with van der Waals surface area (Å²) >= 11 is 0. The first-order valence-electron chi connectivity index (χ1n) is 10.9. The Hall–Kier alpha value is -4.13. The first kappa shape index (κ1) is 21.7. The third-order valence-electron chi connectivity index (χ3n) is 6.14. The first-order valence-corrected chi connectivity index (χ1v) is 10.9. The third kappa shape index (κ3) is 3.69. The van der Waals surface area contributed by atoms with Crippen molar-refractivity contribution < 1.29 is 23.4 Å². The summed E-state index contributed by atoms with van der Waals surface area (Å²) in [6.45, 7) is 2.84. The van der Waals surface area contributed by atoms with Crippen LogP contribution in [0.2, 0.25) is 0 Å². The van der Waals surface area contributed by atoms with E-state index in [-0.39, 0.29) is 0 Å². The summed E-state index contributed by atoms with van der Waals surface area (Å²) in [6, 6.07) is 16.9. The lowest BCUT2D eigenvalue weighted by Gasteiger charge is -2.33. The van der Waals surface area contributed by atoms with Gasteiger partial charge in [-0.3, -0.25) is 0 Å². The van der Waals surface area contributed by atoms with Crippen LogP contribution in [0.1, 0.15) is 11.1 Å². The van der Waals surface area contributed by atoms with E-state index in [1.165, 1.54) is 6.07 Å². The Morgan fingerprint density at radius 2 is 1.62 bits per heavy atom. The molecule has 5 rings (SSSR count). The SMILES string of the molecule is COc1ccc(-c2cc(=O)oc3c(C)c4c(cc23)CN(c2cc(OC)ccc2OC)CO4)cc1. The molecule has 0 radical (unpaired) electrons. The van der Waals surface area contributed by atoms with E-state index in [1.807, 2.05) is 55.5 Å². The molecule has 1 aliphatic heterocycles. The molecule has 1 aliphatic rings. The van der Waals surface area contributed by atoms with Crippen LogP contribution in [-0.4, -0.2) is 28.1 Å². The molecule has 2 heterocycles. The van der Waals surface area contributed by atoms with Crippen LogP contribution < -0.4 is 29.5 Å². The van der Waals surface area contributed by atoms with Gasteiger partial charge in [-0.2, -0.15) is 0 Å². The summed E-state index contributed by atoms with van der Waals surface area (Å²) in [6.07, 6.45) is 0. The molecule has 0 atom stereocenters. The largest absolute Gasteiger partial charge is 0.497 e. The van der Waals surface area contributed by atoms with Crippen molar-refractivity contribution in [2.75, 3.05) is 33.0 Å². The van der Waals surface area contributed by atoms with Crippen molar-refractivity contribution in [2.45, 2.75) is 13.5 Å². The highest BCUT2D eigenvalue weighted by atomic mass is 16.5. The average molecular weight is 459 g/mol. The predicted molar refractivity (Wildman–Crippen MR) is 130 cm³/mol. The average Bonchev–Trinajstić information content (AvgIpc) is 2.88. The van der Waals surface area contributed by atoms with Crippen molar-refractivity contribution in [2.24, 2.45) is 0 Å². The van der Waals surface area contributed by atoms with Gasteiger partial charge < -0.3 is 28.3 Å². The Bertz CT molecular complexity index is 1420. The predicted octanol–water partition coefficient (Wildman–Crippen LogP) is 5.15. The molecule has 0 amide bonds. The fourth-order valence-electron chi connectivity index (χ4n) is 4.43. The molecule has 0 saturated heterocycles. The van der Waals surface area contributed by atoms with Crippen LogP contribution in [-0.2, 0) is 6.54 Å². The van der Waals surface area contributed by atoms with E-state index in [1.54, 1.807) is 21.3 Å². The number of ether oxygens (including phenoxy) is 4. The number of anilines is 1. The highest BCUT2D eigenvalue weighted by molar-refractivity contribution is 5.96. The molecule has 0 aliphatic carbocycles. The quantitative estimate of drug-likeness (QED) is 0.382. The van der Waals surface area contributed by atoms with E-state index >= 15 is 0 Å². The summed E-state index contributed by atoms with van der Waals surface area (Å²) in [7, 11) is 4.91. The van der Waals surface area contributed by atoms with E-state index in [0.717, 1.165) is 56.3 Å². The van der Waals surface area contributed by atoms with Gasteiger partial charge in [-0.1, -0.05) is 12.1 Å². The third-order valence-corrected chi connectivity index (χ3v) is 6.14. The number of rotatable bonds is 5. The Morgan fingerprint density at radius 1 is 0.882 bits per heavy atom. The summed E-state index contributed by atoms with van der Waals surface area (Å²) in [5, 5.41) is 0.851. The zero-order valence-corrected chi connectivity index (χ0v) is 19.5. The Labute approximate surface area is 197 Å². The number of hydrogen-bond donors (Lipinski definition) is 0. The van der Waals surface area contributed by atoms with Crippen LogP contribution in [0.5, 0.6) is 23.0 Å². The number of hydrogen-bond acceptors (Lipinski definition) is 7. The van der Waals surface area contributed by atoms with Gasteiger partial charge >= 0.3 is 5.63 Å². The van der Waals surface area contributed by atoms with Crippen LogP contribution in [0.25, 0.3) is 22.1 Å². The fourth-order valence-corrected chi connectivity index (χ4v) is 4.43. The second kappa shape index (κ2) is 8.67. The highest BCUT2D eigenvalue weighted by Crippen LogP contribution is 2.41. The number of methoxy groups -OCH3 is 3. The second-order valence-corrected chi connectivity index (χ2v) is 8.08. The molecular formula is C27H25NO6. The van der Waals surface area contributed by atoms with Gasteiger partial charge in [0.1, 0.15) is 28.6 Å². The molecule has 3 aromatic carbocycles. The molecule has 0 bridgehead atoms. The Morgan fingerprint density at radius 3 is 2.32 bits per heavy atom. The van der Waals surface area contributed by atoms with Gasteiger partial charge in [0.25, 0.3) is 0 Å². The minimum atomic E-state index is -0.403. The molecule has 1 aromatic heterocycles. The van der Waals surface area contributed by atoms with Gasteiger partial charge in [-0.15, -0.1) is 0 Å². The number of benzene rings is 3. The van der Waals surface area contributed by atoms with Crippen LogP contribution >= 0.6 is 0 Å². The normalized spacial score (nSPS) is 12.8. The maximum absolute atomic E-state index is 12.4. The first-order chi connectivity index (χ1) is 16.5. The maximum Gasteiger partial charge on any atom is 0.336 e. The molecule has 0 N–H and O–H groups in total. The van der Waals surface area contributed by atoms with Gasteiger partial charge in [0.05, 0.1) is 33.6 Å². The number of fused-ring (bicyclic) bond motifs is 2. The summed E-state index contributed by atoms with van der Waals surface area (Å²) < 4.78 is 28.1. The van der Waals surface area contributed by atoms with E-state index in [0.29, 0.717) is 18.9 Å². The van der Waals surface area contributed by atoms with Crippen molar-refractivity contribution in [3.63, 3.8) is 0 Å². The molecule has 0 spiro atoms. The minimum Gasteiger partial charge on any atom is -0.497 e. The van der Waals surface area contributed by atoms with Crippen molar-refractivity contribution in [3.05, 3.63) is 76.1 Å². The van der Waals surface area contributed by atoms with Gasteiger partial charge in [0.2, 0.25) is 0 Å². The summed E-state index contributed by atoms with van der Waals surface area (Å²) in [4.78, 5) is 14.5. The van der Waals surface area contributed by atoms with Crippen LogP contribution in [0.3, 0.4) is 0 Å². The monoisotopic (exact) mass is 459 g/mol. The van der Waals surface area contributed by atoms with E-state index in [4.69, 9.17) is 23.4 Å². The van der Waals surface area contributed by atoms with Crippen LogP contribution in [0, 0.1) is 6.92 Å². The second-order valence-electron chi connectivity index (χ2n) is 8.08. The molecule has 7 heteroatoms. The lowest BCUT2D eigenvalue weighted by molar-refractivity contribution is 0.285. The summed E-state index contributed by atoms with van der Waals surface area (Å²) in [5.74, 6) is 2.96. The molecular weight excluding hydrogens is 434 g/mol. The summed E-state index contributed by atoms with van der Waals surface area (Å²) in [5.41, 5.74) is 4.50. The van der Waals surface area contributed by atoms with Crippen LogP contribution in [0.4, 0.5) is 5.69 Å². The van der Waals surface area contributed by atoms with Crippen molar-refractivity contribution >= 4 is 16.7 Å². The maximum atomic E-state index is 12.4. The molecule has 0 fully saturated rings. The van der Waals surface area contributed by atoms with Crippen molar-refractivity contribution in [1.29, 1.82) is 0 Å². The van der Waals surface area contributed by atoms with Gasteiger partial charge in [0.15, 0.2) is 6.73 Å². The highest BCUT2D eigenvalue weighted by Gasteiger charge is 2.25. The van der Waals surface area contributed by atoms with Gasteiger partial charge in [0, 0.05) is 28.6 Å². The van der Waals surface area contributed by atoms with Crippen molar-refractivity contribution in [1.82, 2.24) is 0 Å². The molecule has 4 aromatic rings. The Kier molecular flexibility index (Phi) is 5.53. The zero-order chi connectivity index (χ0) is 23.8. The number of aryl methyl sites for hydroxylation is 1. The topological polar surface area (TPSA) is 70.4 Å². The van der Waals surface area contributed by atoms with E-state index in [9.17, 15) is 4.79 Å². The lowest BCUT2D eigenvalue weighted by Crippen LogP contribution is -2.32. The van der Waals surface area contributed by atoms with Gasteiger partial charge in [-0.25, -0.2) is 4.79 Å². The molecule has 174 valence electrons. The fraction of sp³-hybridized carbons (Fsp3) is 0.222. The lowest BCUT2D eigenvalue weighted by atomic mass is 9.96. The smallest absolute Gasteiger partial charge is 0.336 e.